The second-order valence-electron chi connectivity index (χ2n) is 3.95. The van der Waals surface area contributed by atoms with Gasteiger partial charge in [0.1, 0.15) is 11.4 Å². The molecule has 0 bridgehead atoms. The summed E-state index contributed by atoms with van der Waals surface area (Å²) in [6.45, 7) is 0.280. The first-order valence-corrected chi connectivity index (χ1v) is 4.93. The predicted octanol–water partition coefficient (Wildman–Crippen LogP) is 2.32. The quantitative estimate of drug-likeness (QED) is 0.746. The van der Waals surface area contributed by atoms with Gasteiger partial charge in [-0.2, -0.15) is 0 Å². The van der Waals surface area contributed by atoms with Gasteiger partial charge in [0.25, 0.3) is 0 Å². The Balaban J connectivity index is 2.36. The van der Waals surface area contributed by atoms with E-state index in [0.29, 0.717) is 11.0 Å². The van der Waals surface area contributed by atoms with E-state index >= 15 is 0 Å². The predicted molar refractivity (Wildman–Crippen MR) is 59.1 cm³/mol. The zero-order valence-electron chi connectivity index (χ0n) is 9.16. The third-order valence-corrected chi connectivity index (χ3v) is 2.21. The Hall–Kier alpha value is -1.68. The molecule has 1 aromatic heterocycles. The Labute approximate surface area is 92.5 Å². The van der Waals surface area contributed by atoms with Crippen molar-refractivity contribution in [1.29, 1.82) is 0 Å². The molecule has 1 heterocycles. The lowest BCUT2D eigenvalue weighted by Gasteiger charge is -2.05. The van der Waals surface area contributed by atoms with Crippen LogP contribution in [0.5, 0.6) is 0 Å². The number of nitrogens with zero attached hydrogens (tertiary/aromatic N) is 1. The Kier molecular flexibility index (Phi) is 2.75. The Morgan fingerprint density at radius 2 is 2.12 bits per heavy atom. The molecule has 16 heavy (non-hydrogen) atoms. The van der Waals surface area contributed by atoms with E-state index in [2.05, 4.69) is 0 Å². The van der Waals surface area contributed by atoms with Gasteiger partial charge in [-0.3, -0.25) is 4.79 Å². The molecule has 0 amide bonds. The number of likely N-dealkylation sites (N-methyl/N-ethyl adjacent to an activating group) is 1. The van der Waals surface area contributed by atoms with Crippen LogP contribution in [0.1, 0.15) is 10.6 Å². The number of hydrogen-bond donors (Lipinski definition) is 0. The van der Waals surface area contributed by atoms with Gasteiger partial charge in [-0.15, -0.1) is 0 Å². The number of Topliss-reactive ketones (excluding diaryl/α,β-unsaturated/α-hetero) is 1. The van der Waals surface area contributed by atoms with Crippen molar-refractivity contribution in [3.05, 3.63) is 35.8 Å². The lowest BCUT2D eigenvalue weighted by Crippen LogP contribution is -2.21. The molecule has 0 saturated carbocycles. The fourth-order valence-corrected chi connectivity index (χ4v) is 1.52. The molecule has 3 nitrogen and oxygen atoms in total. The molecule has 0 saturated heterocycles. The van der Waals surface area contributed by atoms with Crippen LogP contribution in [0.25, 0.3) is 11.0 Å². The average molecular weight is 221 g/mol. The van der Waals surface area contributed by atoms with E-state index in [9.17, 15) is 9.18 Å². The van der Waals surface area contributed by atoms with Gasteiger partial charge in [0.15, 0.2) is 5.76 Å². The highest BCUT2D eigenvalue weighted by molar-refractivity contribution is 5.98. The fourth-order valence-electron chi connectivity index (χ4n) is 1.52. The summed E-state index contributed by atoms with van der Waals surface area (Å²) in [5.74, 6) is -0.171. The molecular weight excluding hydrogens is 209 g/mol. The minimum atomic E-state index is -0.333. The molecule has 0 spiro atoms. The third kappa shape index (κ3) is 2.12. The van der Waals surface area contributed by atoms with Gasteiger partial charge >= 0.3 is 0 Å². The van der Waals surface area contributed by atoms with Crippen molar-refractivity contribution in [2.24, 2.45) is 0 Å². The van der Waals surface area contributed by atoms with Crippen LogP contribution >= 0.6 is 0 Å². The fraction of sp³-hybridized carbons (Fsp3) is 0.250. The van der Waals surface area contributed by atoms with Crippen molar-refractivity contribution in [3.63, 3.8) is 0 Å². The van der Waals surface area contributed by atoms with Crippen molar-refractivity contribution < 1.29 is 13.6 Å². The summed E-state index contributed by atoms with van der Waals surface area (Å²) in [7, 11) is 3.61. The van der Waals surface area contributed by atoms with Gasteiger partial charge < -0.3 is 9.32 Å². The summed E-state index contributed by atoms with van der Waals surface area (Å²) in [5, 5.41) is 0.613. The van der Waals surface area contributed by atoms with Gasteiger partial charge in [0.2, 0.25) is 5.78 Å². The summed E-state index contributed by atoms with van der Waals surface area (Å²) in [6.07, 6.45) is 0. The van der Waals surface area contributed by atoms with Gasteiger partial charge in [-0.1, -0.05) is 0 Å². The summed E-state index contributed by atoms with van der Waals surface area (Å²) in [5.41, 5.74) is 0.531. The summed E-state index contributed by atoms with van der Waals surface area (Å²) < 4.78 is 18.3. The van der Waals surface area contributed by atoms with Gasteiger partial charge in [-0.05, 0) is 38.4 Å². The maximum absolute atomic E-state index is 12.9. The average Bonchev–Trinajstić information content (AvgIpc) is 2.59. The number of rotatable bonds is 3. The monoisotopic (exact) mass is 221 g/mol. The van der Waals surface area contributed by atoms with Crippen molar-refractivity contribution in [2.45, 2.75) is 0 Å². The molecule has 1 aromatic carbocycles. The highest BCUT2D eigenvalue weighted by Gasteiger charge is 2.13. The minimum absolute atomic E-state index is 0.110. The number of hydrogen-bond acceptors (Lipinski definition) is 3. The molecule has 0 aliphatic carbocycles. The lowest BCUT2D eigenvalue weighted by atomic mass is 10.2. The molecular formula is C12H12FNO2. The second-order valence-corrected chi connectivity index (χ2v) is 3.95. The Morgan fingerprint density at radius 1 is 1.38 bits per heavy atom. The summed E-state index contributed by atoms with van der Waals surface area (Å²) >= 11 is 0. The van der Waals surface area contributed by atoms with Crippen LogP contribution in [0, 0.1) is 5.82 Å². The lowest BCUT2D eigenvalue weighted by molar-refractivity contribution is 0.0933. The molecule has 2 aromatic rings. The van der Waals surface area contributed by atoms with E-state index in [1.54, 1.807) is 25.1 Å². The van der Waals surface area contributed by atoms with E-state index in [1.807, 2.05) is 0 Å². The van der Waals surface area contributed by atoms with E-state index in [1.165, 1.54) is 18.2 Å². The van der Waals surface area contributed by atoms with Crippen LogP contribution in [0.2, 0.25) is 0 Å². The molecule has 0 N–H and O–H groups in total. The van der Waals surface area contributed by atoms with Crippen molar-refractivity contribution in [1.82, 2.24) is 4.90 Å². The summed E-state index contributed by atoms with van der Waals surface area (Å²) in [4.78, 5) is 13.4. The van der Waals surface area contributed by atoms with E-state index in [-0.39, 0.29) is 23.9 Å². The van der Waals surface area contributed by atoms with Gasteiger partial charge in [0, 0.05) is 5.39 Å². The molecule has 4 heteroatoms. The molecule has 0 unspecified atom stereocenters. The number of furan rings is 1. The smallest absolute Gasteiger partial charge is 0.211 e. The van der Waals surface area contributed by atoms with Crippen LogP contribution < -0.4 is 0 Å². The van der Waals surface area contributed by atoms with E-state index < -0.39 is 0 Å². The number of benzene rings is 1. The normalized spacial score (nSPS) is 11.2. The van der Waals surface area contributed by atoms with Crippen LogP contribution in [0.3, 0.4) is 0 Å². The molecule has 2 rings (SSSR count). The Bertz CT molecular complexity index is 531. The zero-order chi connectivity index (χ0) is 11.7. The SMILES string of the molecule is CN(C)CC(=O)c1cc2cc(F)ccc2o1. The molecule has 0 radical (unpaired) electrons. The number of carbonyl (C=O) groups is 1. The first kappa shape index (κ1) is 10.8. The minimum Gasteiger partial charge on any atom is -0.453 e. The number of halogens is 1. The summed E-state index contributed by atoms with van der Waals surface area (Å²) in [6, 6.07) is 5.76. The van der Waals surface area contributed by atoms with Crippen molar-refractivity contribution >= 4 is 16.8 Å². The second kappa shape index (κ2) is 4.06. The first-order chi connectivity index (χ1) is 7.56. The van der Waals surface area contributed by atoms with E-state index in [4.69, 9.17) is 4.42 Å². The standard InChI is InChI=1S/C12H12FNO2/c1-14(2)7-10(15)12-6-8-5-9(13)3-4-11(8)16-12/h3-6H,7H2,1-2H3. The highest BCUT2D eigenvalue weighted by atomic mass is 19.1. The Morgan fingerprint density at radius 3 is 2.81 bits per heavy atom. The van der Waals surface area contributed by atoms with Crippen LogP contribution in [0.15, 0.2) is 28.7 Å². The molecule has 0 aliphatic heterocycles. The number of carbonyl (C=O) groups excluding carboxylic acids is 1. The first-order valence-electron chi connectivity index (χ1n) is 4.93. The van der Waals surface area contributed by atoms with Crippen LogP contribution in [-0.4, -0.2) is 31.3 Å². The molecule has 84 valence electrons. The zero-order valence-corrected chi connectivity index (χ0v) is 9.16. The largest absolute Gasteiger partial charge is 0.453 e. The number of fused-ring (bicyclic) bond motifs is 1. The van der Waals surface area contributed by atoms with Crippen molar-refractivity contribution in [2.75, 3.05) is 20.6 Å². The number of ketones is 1. The topological polar surface area (TPSA) is 33.5 Å². The van der Waals surface area contributed by atoms with Crippen LogP contribution in [-0.2, 0) is 0 Å². The molecule has 0 fully saturated rings. The maximum Gasteiger partial charge on any atom is 0.211 e. The van der Waals surface area contributed by atoms with E-state index in [0.717, 1.165) is 0 Å². The molecule has 0 aliphatic rings. The highest BCUT2D eigenvalue weighted by Crippen LogP contribution is 2.20. The van der Waals surface area contributed by atoms with Crippen LogP contribution in [0.4, 0.5) is 4.39 Å². The maximum atomic E-state index is 12.9. The third-order valence-electron chi connectivity index (χ3n) is 2.21. The van der Waals surface area contributed by atoms with Gasteiger partial charge in [0.05, 0.1) is 6.54 Å². The van der Waals surface area contributed by atoms with Gasteiger partial charge in [-0.25, -0.2) is 4.39 Å². The van der Waals surface area contributed by atoms with Crippen molar-refractivity contribution in [3.8, 4) is 0 Å². The molecule has 0 atom stereocenters.